The van der Waals surface area contributed by atoms with Gasteiger partial charge in [0.2, 0.25) is 0 Å². The lowest BCUT2D eigenvalue weighted by Gasteiger charge is -2.09. The number of carbonyl (C=O) groups excluding carboxylic acids is 1. The number of alkyl halides is 3. The normalized spacial score (nSPS) is 11.5. The van der Waals surface area contributed by atoms with Gasteiger partial charge in [-0.1, -0.05) is 6.07 Å². The summed E-state index contributed by atoms with van der Waals surface area (Å²) >= 11 is 2.84. The standard InChI is InChI=1S/C22H17F3N8OS2/c23-22(24,25)13-2-1-3-14(6-13)32-20(34)33-21-27-10-15(35-21)4-5-26-19-18-16(28-11-29-19)7-17(36-18)12-8-30-31-9-12/h1-3,6-11H,4-5H2,(H,30,31)(H,26,28,29)(H2,27,32,33,34). The van der Waals surface area contributed by atoms with E-state index in [4.69, 9.17) is 0 Å². The molecule has 0 saturated carbocycles. The minimum absolute atomic E-state index is 0.0315. The highest BCUT2D eigenvalue weighted by molar-refractivity contribution is 7.22. The van der Waals surface area contributed by atoms with Crippen molar-refractivity contribution in [1.29, 1.82) is 0 Å². The van der Waals surface area contributed by atoms with Crippen molar-refractivity contribution < 1.29 is 18.0 Å². The first kappa shape index (κ1) is 23.7. The fourth-order valence-electron chi connectivity index (χ4n) is 3.33. The lowest BCUT2D eigenvalue weighted by molar-refractivity contribution is -0.137. The van der Waals surface area contributed by atoms with Crippen molar-refractivity contribution in [1.82, 2.24) is 25.1 Å². The van der Waals surface area contributed by atoms with Crippen LogP contribution in [0.15, 0.2) is 55.2 Å². The number of amides is 2. The summed E-state index contributed by atoms with van der Waals surface area (Å²) in [4.78, 5) is 27.0. The first-order valence-electron chi connectivity index (χ1n) is 10.5. The number of aromatic nitrogens is 5. The van der Waals surface area contributed by atoms with E-state index in [1.54, 1.807) is 23.7 Å². The van der Waals surface area contributed by atoms with Crippen LogP contribution in [0.25, 0.3) is 20.7 Å². The Morgan fingerprint density at radius 1 is 1.06 bits per heavy atom. The molecule has 4 heterocycles. The maximum atomic E-state index is 12.8. The Morgan fingerprint density at radius 3 is 2.75 bits per heavy atom. The van der Waals surface area contributed by atoms with E-state index in [1.807, 2.05) is 12.3 Å². The molecule has 2 amide bonds. The molecular formula is C22H17F3N8OS2. The Morgan fingerprint density at radius 2 is 1.94 bits per heavy atom. The lowest BCUT2D eigenvalue weighted by Crippen LogP contribution is -2.19. The van der Waals surface area contributed by atoms with E-state index in [1.165, 1.54) is 29.8 Å². The van der Waals surface area contributed by atoms with Crippen LogP contribution < -0.4 is 16.0 Å². The van der Waals surface area contributed by atoms with Gasteiger partial charge in [0.05, 0.1) is 22.0 Å². The van der Waals surface area contributed by atoms with E-state index in [0.29, 0.717) is 18.1 Å². The number of thiophene rings is 1. The molecule has 4 aromatic heterocycles. The molecule has 0 atom stereocenters. The molecule has 0 aliphatic carbocycles. The third kappa shape index (κ3) is 5.44. The van der Waals surface area contributed by atoms with Gasteiger partial charge in [-0.2, -0.15) is 18.3 Å². The molecular weight excluding hydrogens is 513 g/mol. The summed E-state index contributed by atoms with van der Waals surface area (Å²) in [5.41, 5.74) is 1.00. The molecule has 9 nitrogen and oxygen atoms in total. The zero-order valence-corrected chi connectivity index (χ0v) is 19.9. The number of carbonyl (C=O) groups is 1. The topological polar surface area (TPSA) is 121 Å². The van der Waals surface area contributed by atoms with E-state index < -0.39 is 17.8 Å². The molecule has 0 aliphatic heterocycles. The van der Waals surface area contributed by atoms with Crippen molar-refractivity contribution >= 4 is 55.6 Å². The second-order valence-corrected chi connectivity index (χ2v) is 9.67. The van der Waals surface area contributed by atoms with Crippen molar-refractivity contribution in [3.8, 4) is 10.4 Å². The number of urea groups is 1. The average Bonchev–Trinajstić information content (AvgIpc) is 3.60. The van der Waals surface area contributed by atoms with Crippen molar-refractivity contribution in [3.05, 3.63) is 65.7 Å². The third-order valence-electron chi connectivity index (χ3n) is 4.98. The van der Waals surface area contributed by atoms with Gasteiger partial charge in [0.25, 0.3) is 0 Å². The van der Waals surface area contributed by atoms with Gasteiger partial charge in [0, 0.05) is 46.4 Å². The number of halogens is 3. The summed E-state index contributed by atoms with van der Waals surface area (Å²) in [5.74, 6) is 0.725. The van der Waals surface area contributed by atoms with Crippen LogP contribution in [0.5, 0.6) is 0 Å². The summed E-state index contributed by atoms with van der Waals surface area (Å²) in [6, 6.07) is 5.73. The molecule has 0 fully saturated rings. The summed E-state index contributed by atoms with van der Waals surface area (Å²) in [6.45, 7) is 0.573. The van der Waals surface area contributed by atoms with Gasteiger partial charge in [-0.3, -0.25) is 10.4 Å². The Labute approximate surface area is 209 Å². The highest BCUT2D eigenvalue weighted by Gasteiger charge is 2.30. The highest BCUT2D eigenvalue weighted by atomic mass is 32.1. The number of hydrogen-bond donors (Lipinski definition) is 4. The number of benzene rings is 1. The number of aromatic amines is 1. The second kappa shape index (κ2) is 9.91. The molecule has 1 aromatic carbocycles. The molecule has 5 rings (SSSR count). The first-order chi connectivity index (χ1) is 17.3. The van der Waals surface area contributed by atoms with Crippen LogP contribution in [0.3, 0.4) is 0 Å². The van der Waals surface area contributed by atoms with E-state index in [0.717, 1.165) is 43.5 Å². The van der Waals surface area contributed by atoms with Crippen LogP contribution in [-0.2, 0) is 12.6 Å². The number of fused-ring (bicyclic) bond motifs is 1. The summed E-state index contributed by atoms with van der Waals surface area (Å²) in [5, 5.41) is 15.4. The molecule has 0 saturated heterocycles. The molecule has 5 aromatic rings. The number of hydrogen-bond acceptors (Lipinski definition) is 8. The summed E-state index contributed by atoms with van der Waals surface area (Å²) in [7, 11) is 0. The highest BCUT2D eigenvalue weighted by Crippen LogP contribution is 2.35. The van der Waals surface area contributed by atoms with Gasteiger partial charge in [0.1, 0.15) is 12.1 Å². The molecule has 14 heteroatoms. The van der Waals surface area contributed by atoms with Crippen LogP contribution >= 0.6 is 22.7 Å². The number of H-pyrrole nitrogens is 1. The predicted octanol–water partition coefficient (Wildman–Crippen LogP) is 5.86. The maximum absolute atomic E-state index is 12.8. The third-order valence-corrected chi connectivity index (χ3v) is 7.13. The van der Waals surface area contributed by atoms with Gasteiger partial charge >= 0.3 is 12.2 Å². The fourth-order valence-corrected chi connectivity index (χ4v) is 5.19. The van der Waals surface area contributed by atoms with Gasteiger partial charge in [-0.15, -0.1) is 22.7 Å². The van der Waals surface area contributed by atoms with Crippen LogP contribution in [0.2, 0.25) is 0 Å². The van der Waals surface area contributed by atoms with Gasteiger partial charge in [-0.05, 0) is 24.3 Å². The molecule has 184 valence electrons. The molecule has 0 bridgehead atoms. The molecule has 4 N–H and O–H groups in total. The van der Waals surface area contributed by atoms with Crippen molar-refractivity contribution in [2.45, 2.75) is 12.6 Å². The maximum Gasteiger partial charge on any atom is 0.416 e. The van der Waals surface area contributed by atoms with Crippen molar-refractivity contribution in [3.63, 3.8) is 0 Å². The number of thiazole rings is 1. The quantitative estimate of drug-likeness (QED) is 0.209. The van der Waals surface area contributed by atoms with E-state index >= 15 is 0 Å². The molecule has 0 spiro atoms. The van der Waals surface area contributed by atoms with Gasteiger partial charge in [0.15, 0.2) is 5.13 Å². The summed E-state index contributed by atoms with van der Waals surface area (Å²) < 4.78 is 39.5. The molecule has 0 aliphatic rings. The monoisotopic (exact) mass is 530 g/mol. The lowest BCUT2D eigenvalue weighted by atomic mass is 10.2. The van der Waals surface area contributed by atoms with Crippen molar-refractivity contribution in [2.75, 3.05) is 22.5 Å². The van der Waals surface area contributed by atoms with E-state index in [-0.39, 0.29) is 5.69 Å². The zero-order valence-electron chi connectivity index (χ0n) is 18.3. The number of anilines is 3. The minimum atomic E-state index is -4.49. The van der Waals surface area contributed by atoms with Crippen molar-refractivity contribution in [2.24, 2.45) is 0 Å². The second-order valence-electron chi connectivity index (χ2n) is 7.50. The largest absolute Gasteiger partial charge is 0.416 e. The number of nitrogens with zero attached hydrogens (tertiary/aromatic N) is 4. The average molecular weight is 531 g/mol. The smallest absolute Gasteiger partial charge is 0.368 e. The molecule has 0 unspecified atom stereocenters. The predicted molar refractivity (Wildman–Crippen MR) is 133 cm³/mol. The summed E-state index contributed by atoms with van der Waals surface area (Å²) in [6.07, 6.45) is 2.86. The van der Waals surface area contributed by atoms with Crippen LogP contribution in [0.1, 0.15) is 10.4 Å². The molecule has 36 heavy (non-hydrogen) atoms. The Balaban J connectivity index is 1.16. The van der Waals surface area contributed by atoms with E-state index in [9.17, 15) is 18.0 Å². The zero-order chi connectivity index (χ0) is 25.1. The van der Waals surface area contributed by atoms with Crippen LogP contribution in [-0.4, -0.2) is 37.7 Å². The Bertz CT molecular complexity index is 1500. The molecule has 0 radical (unpaired) electrons. The SMILES string of the molecule is O=C(Nc1cccc(C(F)(F)F)c1)Nc1ncc(CCNc2ncnc3cc(-c4cn[nH]c4)sc23)s1. The van der Waals surface area contributed by atoms with Crippen LogP contribution in [0, 0.1) is 0 Å². The first-order valence-corrected chi connectivity index (χ1v) is 12.2. The number of nitrogens with one attached hydrogen (secondary N) is 4. The number of rotatable bonds is 7. The van der Waals surface area contributed by atoms with Gasteiger partial charge < -0.3 is 10.6 Å². The van der Waals surface area contributed by atoms with E-state index in [2.05, 4.69) is 41.1 Å². The fraction of sp³-hybridized carbons (Fsp3) is 0.136. The minimum Gasteiger partial charge on any atom is -0.368 e. The Hall–Kier alpha value is -4.04. The van der Waals surface area contributed by atoms with Crippen LogP contribution in [0.4, 0.5) is 34.6 Å². The Kier molecular flexibility index (Phi) is 6.52. The van der Waals surface area contributed by atoms with Gasteiger partial charge in [-0.25, -0.2) is 19.7 Å².